The highest BCUT2D eigenvalue weighted by atomic mass is 32.1. The van der Waals surface area contributed by atoms with Gasteiger partial charge in [0.1, 0.15) is 22.3 Å². The second-order valence-electron chi connectivity index (χ2n) is 13.3. The monoisotopic (exact) mass is 677 g/mol. The fourth-order valence-corrected chi connectivity index (χ4v) is 9.31. The van der Waals surface area contributed by atoms with E-state index in [1.807, 2.05) is 23.5 Å². The average molecular weight is 678 g/mol. The smallest absolute Gasteiger partial charge is 0.141 e. The van der Waals surface area contributed by atoms with Crippen LogP contribution in [0.3, 0.4) is 0 Å². The van der Waals surface area contributed by atoms with E-state index >= 15 is 0 Å². The molecule has 1 saturated heterocycles. The van der Waals surface area contributed by atoms with Gasteiger partial charge in [0, 0.05) is 47.3 Å². The summed E-state index contributed by atoms with van der Waals surface area (Å²) in [6, 6.07) is 53.6. The maximum atomic E-state index is 6.86. The van der Waals surface area contributed by atoms with Gasteiger partial charge in [0.25, 0.3) is 0 Å². The van der Waals surface area contributed by atoms with Crippen molar-refractivity contribution in [2.45, 2.75) is 18.5 Å². The molecule has 3 unspecified atom stereocenters. The Bertz CT molecular complexity index is 2940. The molecule has 0 aliphatic carbocycles. The van der Waals surface area contributed by atoms with Gasteiger partial charge in [-0.25, -0.2) is 0 Å². The lowest BCUT2D eigenvalue weighted by Gasteiger charge is -2.39. The van der Waals surface area contributed by atoms with Crippen LogP contribution in [0.15, 0.2) is 160 Å². The van der Waals surface area contributed by atoms with Gasteiger partial charge in [-0.3, -0.25) is 16.0 Å². The molecule has 1 aliphatic rings. The van der Waals surface area contributed by atoms with E-state index in [1.54, 1.807) is 0 Å². The van der Waals surface area contributed by atoms with Crippen LogP contribution in [0.25, 0.3) is 75.2 Å². The minimum absolute atomic E-state index is 0.121. The first-order valence-electron chi connectivity index (χ1n) is 17.4. The van der Waals surface area contributed by atoms with Crippen LogP contribution in [0.5, 0.6) is 0 Å². The number of rotatable bonds is 4. The predicted octanol–water partition coefficient (Wildman–Crippen LogP) is 11.7. The van der Waals surface area contributed by atoms with Crippen molar-refractivity contribution in [1.82, 2.24) is 16.0 Å². The fraction of sp³-hybridized carbons (Fsp3) is 0.0667. The number of furan rings is 2. The third-order valence-electron chi connectivity index (χ3n) is 10.4. The molecule has 6 heteroatoms. The summed E-state index contributed by atoms with van der Waals surface area (Å²) in [7, 11) is 0. The van der Waals surface area contributed by atoms with Gasteiger partial charge in [0.15, 0.2) is 0 Å². The van der Waals surface area contributed by atoms with Crippen molar-refractivity contribution in [1.29, 1.82) is 0 Å². The Morgan fingerprint density at radius 2 is 1.14 bits per heavy atom. The lowest BCUT2D eigenvalue weighted by molar-refractivity contribution is 0.204. The first-order chi connectivity index (χ1) is 25.3. The van der Waals surface area contributed by atoms with Crippen molar-refractivity contribution in [3.63, 3.8) is 0 Å². The van der Waals surface area contributed by atoms with Crippen LogP contribution in [0, 0.1) is 0 Å². The molecular formula is C45H31N3O2S. The van der Waals surface area contributed by atoms with E-state index < -0.39 is 0 Å². The van der Waals surface area contributed by atoms with Crippen molar-refractivity contribution >= 4 is 75.4 Å². The van der Waals surface area contributed by atoms with E-state index in [0.29, 0.717) is 0 Å². The zero-order valence-electron chi connectivity index (χ0n) is 27.4. The first kappa shape index (κ1) is 29.0. The van der Waals surface area contributed by atoms with Crippen LogP contribution in [0.4, 0.5) is 0 Å². The molecule has 5 nitrogen and oxygen atoms in total. The maximum absolute atomic E-state index is 6.86. The number of nitrogens with one attached hydrogen (secondary N) is 3. The van der Waals surface area contributed by atoms with Crippen molar-refractivity contribution in [3.8, 4) is 11.1 Å². The van der Waals surface area contributed by atoms with E-state index in [-0.39, 0.29) is 18.5 Å². The quantitative estimate of drug-likeness (QED) is 0.173. The molecular weight excluding hydrogens is 647 g/mol. The fourth-order valence-electron chi connectivity index (χ4n) is 8.07. The summed E-state index contributed by atoms with van der Waals surface area (Å²) in [4.78, 5) is 0. The SMILES string of the molecule is c1ccc(C2NC(c3cccc4c3oc3cc(-c5cccc6c5sc5ccccc56)ccc34)NC(c3cccc4oc5ccccc5c34)N2)cc1. The number of thiophene rings is 1. The summed E-state index contributed by atoms with van der Waals surface area (Å²) < 4.78 is 15.8. The molecule has 0 amide bonds. The summed E-state index contributed by atoms with van der Waals surface area (Å²) in [5.74, 6) is 0. The lowest BCUT2D eigenvalue weighted by Crippen LogP contribution is -2.54. The van der Waals surface area contributed by atoms with Crippen LogP contribution in [0.1, 0.15) is 35.2 Å². The molecule has 11 rings (SSSR count). The van der Waals surface area contributed by atoms with Gasteiger partial charge < -0.3 is 8.83 Å². The van der Waals surface area contributed by atoms with Gasteiger partial charge in [-0.2, -0.15) is 0 Å². The highest BCUT2D eigenvalue weighted by molar-refractivity contribution is 7.26. The second kappa shape index (κ2) is 11.4. The summed E-state index contributed by atoms with van der Waals surface area (Å²) in [6.07, 6.45) is -0.519. The highest BCUT2D eigenvalue weighted by Crippen LogP contribution is 2.43. The Morgan fingerprint density at radius 1 is 0.451 bits per heavy atom. The standard InChI is InChI=1S/C45H31N3O2S/c1-2-11-26(12-3-1)43-46-44(34-18-10-21-37-40(34)33-14-4-6-20-36(33)49-37)48-45(47-43)35-19-9-16-31-29-24-23-27(25-38(29)50-41(31)35)28-15-8-17-32-30-13-5-7-22-39(30)51-42(28)32/h1-25,43-48H. The molecule has 0 radical (unpaired) electrons. The Hall–Kier alpha value is -5.76. The van der Waals surface area contributed by atoms with Crippen LogP contribution >= 0.6 is 11.3 Å². The van der Waals surface area contributed by atoms with Crippen molar-refractivity contribution in [3.05, 3.63) is 168 Å². The average Bonchev–Trinajstić information content (AvgIpc) is 3.89. The third kappa shape index (κ3) is 4.58. The second-order valence-corrected chi connectivity index (χ2v) is 14.4. The van der Waals surface area contributed by atoms with Gasteiger partial charge in [-0.05, 0) is 52.6 Å². The molecule has 51 heavy (non-hydrogen) atoms. The topological polar surface area (TPSA) is 62.4 Å². The number of fused-ring (bicyclic) bond motifs is 9. The number of para-hydroxylation sites is 2. The van der Waals surface area contributed by atoms with Crippen molar-refractivity contribution in [2.75, 3.05) is 0 Å². The predicted molar refractivity (Wildman–Crippen MR) is 210 cm³/mol. The van der Waals surface area contributed by atoms with E-state index in [4.69, 9.17) is 8.83 Å². The van der Waals surface area contributed by atoms with Crippen molar-refractivity contribution in [2.24, 2.45) is 0 Å². The lowest BCUT2D eigenvalue weighted by atomic mass is 9.99. The van der Waals surface area contributed by atoms with Gasteiger partial charge in [-0.1, -0.05) is 121 Å². The van der Waals surface area contributed by atoms with E-state index in [1.165, 1.54) is 25.7 Å². The zero-order chi connectivity index (χ0) is 33.5. The Balaban J connectivity index is 1.04. The molecule has 10 aromatic rings. The van der Waals surface area contributed by atoms with Gasteiger partial charge in [-0.15, -0.1) is 11.3 Å². The molecule has 244 valence electrons. The minimum atomic E-state index is -0.217. The van der Waals surface area contributed by atoms with Crippen LogP contribution in [-0.4, -0.2) is 0 Å². The molecule has 3 aromatic heterocycles. The Kier molecular flexibility index (Phi) is 6.48. The minimum Gasteiger partial charge on any atom is -0.456 e. The third-order valence-corrected chi connectivity index (χ3v) is 11.7. The van der Waals surface area contributed by atoms with Gasteiger partial charge in [0.2, 0.25) is 0 Å². The Labute approximate surface area is 297 Å². The summed E-state index contributed by atoms with van der Waals surface area (Å²) >= 11 is 1.85. The molecule has 1 aliphatic heterocycles. The largest absolute Gasteiger partial charge is 0.456 e. The number of hydrogen-bond donors (Lipinski definition) is 3. The van der Waals surface area contributed by atoms with Crippen LogP contribution < -0.4 is 16.0 Å². The molecule has 0 bridgehead atoms. The number of hydrogen-bond acceptors (Lipinski definition) is 6. The maximum Gasteiger partial charge on any atom is 0.141 e. The molecule has 4 heterocycles. The first-order valence-corrected chi connectivity index (χ1v) is 18.2. The zero-order valence-corrected chi connectivity index (χ0v) is 28.2. The van der Waals surface area contributed by atoms with Crippen LogP contribution in [0.2, 0.25) is 0 Å². The molecule has 0 spiro atoms. The summed E-state index contributed by atoms with van der Waals surface area (Å²) in [5, 5.41) is 18.7. The molecule has 3 N–H and O–H groups in total. The van der Waals surface area contributed by atoms with Gasteiger partial charge >= 0.3 is 0 Å². The van der Waals surface area contributed by atoms with Crippen molar-refractivity contribution < 1.29 is 8.83 Å². The highest BCUT2D eigenvalue weighted by Gasteiger charge is 2.33. The van der Waals surface area contributed by atoms with E-state index in [0.717, 1.165) is 66.1 Å². The normalized spacial score (nSPS) is 18.2. The summed E-state index contributed by atoms with van der Waals surface area (Å²) in [5.41, 5.74) is 9.29. The van der Waals surface area contributed by atoms with Crippen LogP contribution in [-0.2, 0) is 0 Å². The van der Waals surface area contributed by atoms with Gasteiger partial charge in [0.05, 0.1) is 18.5 Å². The number of benzene rings is 7. The molecule has 0 saturated carbocycles. The van der Waals surface area contributed by atoms with E-state index in [2.05, 4.69) is 155 Å². The Morgan fingerprint density at radius 3 is 2.06 bits per heavy atom. The molecule has 7 aromatic carbocycles. The molecule has 3 atom stereocenters. The summed E-state index contributed by atoms with van der Waals surface area (Å²) in [6.45, 7) is 0. The van der Waals surface area contributed by atoms with E-state index in [9.17, 15) is 0 Å². The molecule has 1 fully saturated rings.